The zero-order valence-corrected chi connectivity index (χ0v) is 18.4. The Kier molecular flexibility index (Phi) is 8.73. The van der Waals surface area contributed by atoms with Gasteiger partial charge in [-0.3, -0.25) is 4.90 Å². The van der Waals surface area contributed by atoms with Gasteiger partial charge in [-0.15, -0.1) is 0 Å². The molecular formula is C26H29F2NO3. The van der Waals surface area contributed by atoms with Crippen molar-refractivity contribution in [3.8, 4) is 5.75 Å². The van der Waals surface area contributed by atoms with Gasteiger partial charge in [0.2, 0.25) is 0 Å². The number of rotatable bonds is 11. The second kappa shape index (κ2) is 11.7. The largest absolute Gasteiger partial charge is 0.494 e. The predicted octanol–water partition coefficient (Wildman–Crippen LogP) is 4.96. The predicted molar refractivity (Wildman–Crippen MR) is 121 cm³/mol. The van der Waals surface area contributed by atoms with Crippen molar-refractivity contribution in [2.75, 3.05) is 26.8 Å². The molecule has 3 rings (SSSR count). The molecule has 0 saturated heterocycles. The molecule has 4 nitrogen and oxygen atoms in total. The number of likely N-dealkylation sites (N-methyl/N-ethyl adjacent to an activating group) is 1. The lowest BCUT2D eigenvalue weighted by Gasteiger charge is -2.24. The molecule has 0 aliphatic rings. The van der Waals surface area contributed by atoms with Crippen molar-refractivity contribution in [1.82, 2.24) is 4.90 Å². The van der Waals surface area contributed by atoms with Crippen LogP contribution in [0.4, 0.5) is 8.78 Å². The van der Waals surface area contributed by atoms with Gasteiger partial charge in [0.25, 0.3) is 0 Å². The Morgan fingerprint density at radius 2 is 1.38 bits per heavy atom. The lowest BCUT2D eigenvalue weighted by molar-refractivity contribution is -0.00629. The Morgan fingerprint density at radius 1 is 0.844 bits per heavy atom. The molecular weight excluding hydrogens is 412 g/mol. The Hall–Kier alpha value is -2.80. The van der Waals surface area contributed by atoms with E-state index in [1.165, 1.54) is 24.3 Å². The number of halogens is 2. The van der Waals surface area contributed by atoms with Crippen molar-refractivity contribution in [3.05, 3.63) is 101 Å². The molecule has 1 atom stereocenters. The van der Waals surface area contributed by atoms with Crippen LogP contribution in [-0.2, 0) is 11.3 Å². The van der Waals surface area contributed by atoms with Crippen LogP contribution in [0.3, 0.4) is 0 Å². The quantitative estimate of drug-likeness (QED) is 0.457. The average Bonchev–Trinajstić information content (AvgIpc) is 2.77. The zero-order chi connectivity index (χ0) is 22.9. The summed E-state index contributed by atoms with van der Waals surface area (Å²) in [6.07, 6.45) is -1.27. The van der Waals surface area contributed by atoms with Crippen molar-refractivity contribution < 1.29 is 23.4 Å². The van der Waals surface area contributed by atoms with Gasteiger partial charge in [0.15, 0.2) is 0 Å². The van der Waals surface area contributed by atoms with E-state index in [9.17, 15) is 13.9 Å². The number of ether oxygens (including phenoxy) is 2. The first kappa shape index (κ1) is 23.9. The Labute approximate surface area is 188 Å². The second-order valence-electron chi connectivity index (χ2n) is 7.74. The minimum atomic E-state index is -0.730. The number of nitrogens with zero attached hydrogens (tertiary/aromatic N) is 1. The van der Waals surface area contributed by atoms with Crippen LogP contribution in [0.1, 0.15) is 29.7 Å². The molecule has 0 bridgehead atoms. The van der Waals surface area contributed by atoms with Crippen LogP contribution in [0.5, 0.6) is 5.75 Å². The lowest BCUT2D eigenvalue weighted by Crippen LogP contribution is -2.32. The molecule has 0 spiro atoms. The molecule has 0 saturated carbocycles. The maximum atomic E-state index is 13.4. The van der Waals surface area contributed by atoms with Crippen molar-refractivity contribution in [1.29, 1.82) is 0 Å². The van der Waals surface area contributed by atoms with Crippen LogP contribution in [-0.4, -0.2) is 42.9 Å². The third-order valence-corrected chi connectivity index (χ3v) is 5.01. The van der Waals surface area contributed by atoms with Crippen LogP contribution in [0.25, 0.3) is 0 Å². The van der Waals surface area contributed by atoms with Gasteiger partial charge in [0, 0.05) is 13.1 Å². The highest BCUT2D eigenvalue weighted by Gasteiger charge is 2.18. The van der Waals surface area contributed by atoms with Gasteiger partial charge in [-0.25, -0.2) is 8.78 Å². The molecule has 0 aromatic heterocycles. The SMILES string of the molecule is CCOc1ccc(CN(C)CC(O)COC(c2ccc(F)cc2)c2ccc(F)cc2)cc1. The molecule has 0 radical (unpaired) electrons. The van der Waals surface area contributed by atoms with Gasteiger partial charge in [-0.2, -0.15) is 0 Å². The van der Waals surface area contributed by atoms with E-state index in [2.05, 4.69) is 0 Å². The molecule has 1 unspecified atom stereocenters. The first-order valence-corrected chi connectivity index (χ1v) is 10.7. The van der Waals surface area contributed by atoms with E-state index < -0.39 is 12.2 Å². The standard InChI is InChI=1S/C26H29F2NO3/c1-3-31-25-14-4-19(5-15-25)16-29(2)17-24(30)18-32-26(20-6-10-22(27)11-7-20)21-8-12-23(28)13-9-21/h4-15,24,26,30H,3,16-18H2,1-2H3. The average molecular weight is 442 g/mol. The molecule has 32 heavy (non-hydrogen) atoms. The second-order valence-corrected chi connectivity index (χ2v) is 7.74. The van der Waals surface area contributed by atoms with Gasteiger partial charge in [-0.05, 0) is 67.1 Å². The van der Waals surface area contributed by atoms with Crippen molar-refractivity contribution >= 4 is 0 Å². The van der Waals surface area contributed by atoms with E-state index in [1.807, 2.05) is 43.1 Å². The normalized spacial score (nSPS) is 12.3. The fourth-order valence-electron chi connectivity index (χ4n) is 3.51. The van der Waals surface area contributed by atoms with Crippen LogP contribution < -0.4 is 4.74 Å². The smallest absolute Gasteiger partial charge is 0.123 e. The van der Waals surface area contributed by atoms with E-state index >= 15 is 0 Å². The number of aliphatic hydroxyl groups is 1. The van der Waals surface area contributed by atoms with Crippen molar-refractivity contribution in [2.24, 2.45) is 0 Å². The van der Waals surface area contributed by atoms with E-state index in [0.29, 0.717) is 19.7 Å². The summed E-state index contributed by atoms with van der Waals surface area (Å²) in [6, 6.07) is 19.8. The summed E-state index contributed by atoms with van der Waals surface area (Å²) in [5, 5.41) is 10.5. The first-order chi connectivity index (χ1) is 15.4. The Bertz CT molecular complexity index is 901. The summed E-state index contributed by atoms with van der Waals surface area (Å²) >= 11 is 0. The highest BCUT2D eigenvalue weighted by molar-refractivity contribution is 5.30. The minimum Gasteiger partial charge on any atom is -0.494 e. The van der Waals surface area contributed by atoms with E-state index in [0.717, 1.165) is 22.4 Å². The molecule has 1 N–H and O–H groups in total. The van der Waals surface area contributed by atoms with Gasteiger partial charge < -0.3 is 14.6 Å². The van der Waals surface area contributed by atoms with E-state index in [1.54, 1.807) is 24.3 Å². The molecule has 3 aromatic carbocycles. The van der Waals surface area contributed by atoms with Crippen LogP contribution in [0, 0.1) is 11.6 Å². The number of benzene rings is 3. The van der Waals surface area contributed by atoms with Crippen molar-refractivity contribution in [3.63, 3.8) is 0 Å². The maximum absolute atomic E-state index is 13.4. The zero-order valence-electron chi connectivity index (χ0n) is 18.4. The van der Waals surface area contributed by atoms with Gasteiger partial charge >= 0.3 is 0 Å². The summed E-state index contributed by atoms with van der Waals surface area (Å²) < 4.78 is 38.2. The lowest BCUT2D eigenvalue weighted by atomic mass is 10.0. The monoisotopic (exact) mass is 441 g/mol. The Balaban J connectivity index is 1.58. The topological polar surface area (TPSA) is 41.9 Å². The van der Waals surface area contributed by atoms with Crippen molar-refractivity contribution in [2.45, 2.75) is 25.7 Å². The van der Waals surface area contributed by atoms with Gasteiger partial charge in [0.1, 0.15) is 23.5 Å². The summed E-state index contributed by atoms with van der Waals surface area (Å²) in [6.45, 7) is 3.73. The third kappa shape index (κ3) is 7.12. The number of hydrogen-bond acceptors (Lipinski definition) is 4. The first-order valence-electron chi connectivity index (χ1n) is 10.7. The fraction of sp³-hybridized carbons (Fsp3) is 0.308. The maximum Gasteiger partial charge on any atom is 0.123 e. The molecule has 0 aliphatic heterocycles. The summed E-state index contributed by atoms with van der Waals surface area (Å²) in [5.41, 5.74) is 2.57. The van der Waals surface area contributed by atoms with E-state index in [-0.39, 0.29) is 18.2 Å². The molecule has 0 heterocycles. The van der Waals surface area contributed by atoms with Crippen LogP contribution in [0.2, 0.25) is 0 Å². The number of hydrogen-bond donors (Lipinski definition) is 1. The van der Waals surface area contributed by atoms with Crippen LogP contribution in [0.15, 0.2) is 72.8 Å². The van der Waals surface area contributed by atoms with Crippen LogP contribution >= 0.6 is 0 Å². The van der Waals surface area contributed by atoms with E-state index in [4.69, 9.17) is 9.47 Å². The summed E-state index contributed by atoms with van der Waals surface area (Å²) in [7, 11) is 1.93. The van der Waals surface area contributed by atoms with Gasteiger partial charge in [-0.1, -0.05) is 36.4 Å². The molecule has 0 fully saturated rings. The highest BCUT2D eigenvalue weighted by Crippen LogP contribution is 2.27. The molecule has 170 valence electrons. The Morgan fingerprint density at radius 3 is 1.88 bits per heavy atom. The van der Waals surface area contributed by atoms with Gasteiger partial charge in [0.05, 0.1) is 19.3 Å². The molecule has 6 heteroatoms. The molecule has 0 amide bonds. The highest BCUT2D eigenvalue weighted by atomic mass is 19.1. The fourth-order valence-corrected chi connectivity index (χ4v) is 3.51. The third-order valence-electron chi connectivity index (χ3n) is 5.01. The summed E-state index contributed by atoms with van der Waals surface area (Å²) in [4.78, 5) is 2.01. The number of aliphatic hydroxyl groups excluding tert-OH is 1. The minimum absolute atomic E-state index is 0.0764. The summed E-state index contributed by atoms with van der Waals surface area (Å²) in [5.74, 6) is 0.144. The molecule has 0 aliphatic carbocycles. The molecule has 3 aromatic rings.